The number of rotatable bonds is 5. The van der Waals surface area contributed by atoms with Crippen LogP contribution in [0.25, 0.3) is 0 Å². The lowest BCUT2D eigenvalue weighted by Crippen LogP contribution is -2.13. The molecule has 0 aliphatic heterocycles. The molecule has 20 heavy (non-hydrogen) atoms. The fraction of sp³-hybridized carbons (Fsp3) is 0.357. The fourth-order valence-electron chi connectivity index (χ4n) is 1.92. The molecule has 0 saturated heterocycles. The van der Waals surface area contributed by atoms with Gasteiger partial charge in [-0.2, -0.15) is 5.10 Å². The van der Waals surface area contributed by atoms with Gasteiger partial charge in [0, 0.05) is 19.7 Å². The third-order valence-corrected chi connectivity index (χ3v) is 2.94. The molecule has 0 spiro atoms. The van der Waals surface area contributed by atoms with Gasteiger partial charge >= 0.3 is 0 Å². The molecule has 0 amide bonds. The molecule has 0 unspecified atom stereocenters. The summed E-state index contributed by atoms with van der Waals surface area (Å²) in [5.74, 6) is -0.941. The fourth-order valence-corrected chi connectivity index (χ4v) is 1.92. The molecule has 0 atom stereocenters. The van der Waals surface area contributed by atoms with Crippen molar-refractivity contribution in [3.63, 3.8) is 0 Å². The summed E-state index contributed by atoms with van der Waals surface area (Å²) in [6, 6.07) is 3.22. The van der Waals surface area contributed by atoms with Crippen LogP contribution in [0.1, 0.15) is 18.2 Å². The van der Waals surface area contributed by atoms with Crippen molar-refractivity contribution < 1.29 is 13.5 Å². The van der Waals surface area contributed by atoms with Gasteiger partial charge in [-0.25, -0.2) is 13.5 Å². The van der Waals surface area contributed by atoms with Crippen molar-refractivity contribution in [1.82, 2.24) is 15.1 Å². The van der Waals surface area contributed by atoms with Gasteiger partial charge in [-0.05, 0) is 25.6 Å². The predicted octanol–water partition coefficient (Wildman–Crippen LogP) is 2.91. The van der Waals surface area contributed by atoms with Gasteiger partial charge in [-0.15, -0.1) is 0 Å². The molecule has 0 aliphatic carbocycles. The maximum absolute atomic E-state index is 13.6. The molecular formula is C14H17F2N3O. The maximum Gasteiger partial charge on any atom is 0.222 e. The quantitative estimate of drug-likeness (QED) is 0.916. The monoisotopic (exact) mass is 281 g/mol. The average Bonchev–Trinajstić information content (AvgIpc) is 2.65. The Morgan fingerprint density at radius 2 is 2.10 bits per heavy atom. The zero-order valence-corrected chi connectivity index (χ0v) is 11.7. The topological polar surface area (TPSA) is 39.1 Å². The highest BCUT2D eigenvalue weighted by Gasteiger charge is 2.16. The number of nitrogens with zero attached hydrogens (tertiary/aromatic N) is 2. The second-order valence-electron chi connectivity index (χ2n) is 4.45. The van der Waals surface area contributed by atoms with Gasteiger partial charge in [0.1, 0.15) is 5.82 Å². The van der Waals surface area contributed by atoms with Crippen LogP contribution < -0.4 is 10.1 Å². The summed E-state index contributed by atoms with van der Waals surface area (Å²) in [5, 5.41) is 7.44. The molecule has 0 fully saturated rings. The standard InChI is InChI=1S/C14H17F2N3O/c1-4-17-8-11-9(2)18-19(3)14(11)20-13-6-5-10(15)7-12(13)16/h5-7,17H,4,8H2,1-3H3. The van der Waals surface area contributed by atoms with Gasteiger partial charge in [0.25, 0.3) is 0 Å². The van der Waals surface area contributed by atoms with Crippen LogP contribution in [0.2, 0.25) is 0 Å². The van der Waals surface area contributed by atoms with Crippen LogP contribution in [-0.2, 0) is 13.6 Å². The molecule has 1 N–H and O–H groups in total. The number of ether oxygens (including phenoxy) is 1. The summed E-state index contributed by atoms with van der Waals surface area (Å²) >= 11 is 0. The summed E-state index contributed by atoms with van der Waals surface area (Å²) in [7, 11) is 1.72. The molecule has 0 radical (unpaired) electrons. The second kappa shape index (κ2) is 6.00. The number of halogens is 2. The molecule has 2 rings (SSSR count). The molecule has 6 heteroatoms. The SMILES string of the molecule is CCNCc1c(C)nn(C)c1Oc1ccc(F)cc1F. The van der Waals surface area contributed by atoms with Crippen molar-refractivity contribution in [2.45, 2.75) is 20.4 Å². The van der Waals surface area contributed by atoms with E-state index in [1.165, 1.54) is 6.07 Å². The minimum atomic E-state index is -0.738. The molecule has 2 aromatic rings. The lowest BCUT2D eigenvalue weighted by molar-refractivity contribution is 0.396. The van der Waals surface area contributed by atoms with Crippen molar-refractivity contribution in [1.29, 1.82) is 0 Å². The van der Waals surface area contributed by atoms with E-state index in [1.807, 2.05) is 13.8 Å². The van der Waals surface area contributed by atoms with Gasteiger partial charge in [-0.1, -0.05) is 6.92 Å². The normalized spacial score (nSPS) is 10.8. The Kier molecular flexibility index (Phi) is 4.34. The molecule has 0 saturated carbocycles. The van der Waals surface area contributed by atoms with E-state index in [1.54, 1.807) is 11.7 Å². The first-order valence-corrected chi connectivity index (χ1v) is 6.39. The zero-order chi connectivity index (χ0) is 14.7. The third kappa shape index (κ3) is 2.96. The van der Waals surface area contributed by atoms with Crippen molar-refractivity contribution in [2.24, 2.45) is 7.05 Å². The summed E-state index contributed by atoms with van der Waals surface area (Å²) in [6.45, 7) is 5.24. The number of benzene rings is 1. The summed E-state index contributed by atoms with van der Waals surface area (Å²) < 4.78 is 33.6. The second-order valence-corrected chi connectivity index (χ2v) is 4.45. The van der Waals surface area contributed by atoms with E-state index in [9.17, 15) is 8.78 Å². The summed E-state index contributed by atoms with van der Waals surface area (Å²) in [4.78, 5) is 0. The first kappa shape index (κ1) is 14.5. The van der Waals surface area contributed by atoms with E-state index in [-0.39, 0.29) is 5.75 Å². The Hall–Kier alpha value is -1.95. The van der Waals surface area contributed by atoms with Gasteiger partial charge in [0.05, 0.1) is 11.3 Å². The van der Waals surface area contributed by atoms with Gasteiger partial charge in [0.2, 0.25) is 5.88 Å². The van der Waals surface area contributed by atoms with Crippen LogP contribution in [0.3, 0.4) is 0 Å². The van der Waals surface area contributed by atoms with Crippen LogP contribution in [0.15, 0.2) is 18.2 Å². The minimum absolute atomic E-state index is 0.0212. The Balaban J connectivity index is 2.32. The predicted molar refractivity (Wildman–Crippen MR) is 71.8 cm³/mol. The number of aromatic nitrogens is 2. The molecule has 1 heterocycles. The Morgan fingerprint density at radius 3 is 2.75 bits per heavy atom. The van der Waals surface area contributed by atoms with E-state index in [4.69, 9.17) is 4.74 Å². The maximum atomic E-state index is 13.6. The lowest BCUT2D eigenvalue weighted by Gasteiger charge is -2.10. The Morgan fingerprint density at radius 1 is 1.35 bits per heavy atom. The Bertz CT molecular complexity index is 611. The van der Waals surface area contributed by atoms with Crippen LogP contribution in [0, 0.1) is 18.6 Å². The van der Waals surface area contributed by atoms with E-state index in [2.05, 4.69) is 10.4 Å². The molecular weight excluding hydrogens is 264 g/mol. The minimum Gasteiger partial charge on any atom is -0.436 e. The smallest absolute Gasteiger partial charge is 0.222 e. The molecule has 0 bridgehead atoms. The van der Waals surface area contributed by atoms with Crippen molar-refractivity contribution >= 4 is 0 Å². The lowest BCUT2D eigenvalue weighted by atomic mass is 10.2. The van der Waals surface area contributed by atoms with Gasteiger partial charge in [0.15, 0.2) is 11.6 Å². The summed E-state index contributed by atoms with van der Waals surface area (Å²) in [6.07, 6.45) is 0. The number of hydrogen-bond acceptors (Lipinski definition) is 3. The average molecular weight is 281 g/mol. The van der Waals surface area contributed by atoms with Crippen LogP contribution in [0.5, 0.6) is 11.6 Å². The number of hydrogen-bond donors (Lipinski definition) is 1. The zero-order valence-electron chi connectivity index (χ0n) is 11.7. The number of nitrogens with one attached hydrogen (secondary N) is 1. The van der Waals surface area contributed by atoms with Crippen molar-refractivity contribution in [3.05, 3.63) is 41.1 Å². The first-order chi connectivity index (χ1) is 9.52. The molecule has 1 aromatic heterocycles. The Labute approximate surface area is 116 Å². The van der Waals surface area contributed by atoms with E-state index in [0.29, 0.717) is 12.4 Å². The van der Waals surface area contributed by atoms with Crippen molar-refractivity contribution in [3.8, 4) is 11.6 Å². The highest BCUT2D eigenvalue weighted by molar-refractivity contribution is 5.36. The molecule has 108 valence electrons. The highest BCUT2D eigenvalue weighted by Crippen LogP contribution is 2.29. The molecule has 1 aromatic carbocycles. The molecule has 4 nitrogen and oxygen atoms in total. The van der Waals surface area contributed by atoms with Crippen LogP contribution >= 0.6 is 0 Å². The number of aryl methyl sites for hydroxylation is 2. The van der Waals surface area contributed by atoms with Gasteiger partial charge in [-0.3, -0.25) is 0 Å². The van der Waals surface area contributed by atoms with Crippen molar-refractivity contribution in [2.75, 3.05) is 6.54 Å². The largest absolute Gasteiger partial charge is 0.436 e. The highest BCUT2D eigenvalue weighted by atomic mass is 19.1. The molecule has 0 aliphatic rings. The van der Waals surface area contributed by atoms with E-state index < -0.39 is 11.6 Å². The van der Waals surface area contributed by atoms with Gasteiger partial charge < -0.3 is 10.1 Å². The van der Waals surface area contributed by atoms with Crippen LogP contribution in [-0.4, -0.2) is 16.3 Å². The van der Waals surface area contributed by atoms with E-state index >= 15 is 0 Å². The van der Waals surface area contributed by atoms with Crippen LogP contribution in [0.4, 0.5) is 8.78 Å². The third-order valence-electron chi connectivity index (χ3n) is 2.94. The van der Waals surface area contributed by atoms with E-state index in [0.717, 1.165) is 29.9 Å². The summed E-state index contributed by atoms with van der Waals surface area (Å²) in [5.41, 5.74) is 1.67. The first-order valence-electron chi connectivity index (χ1n) is 6.39.